The number of aliphatic hydroxyl groups is 1. The number of ether oxygens (including phenoxy) is 1. The quantitative estimate of drug-likeness (QED) is 0.709. The Morgan fingerprint density at radius 3 is 2.92 bits per heavy atom. The molecule has 1 fully saturated rings. The Bertz CT molecular complexity index is 141. The van der Waals surface area contributed by atoms with Crippen molar-refractivity contribution in [2.24, 2.45) is 0 Å². The molecule has 0 amide bonds. The van der Waals surface area contributed by atoms with Gasteiger partial charge in [0.15, 0.2) is 0 Å². The van der Waals surface area contributed by atoms with Gasteiger partial charge in [0.25, 0.3) is 0 Å². The fourth-order valence-corrected chi connectivity index (χ4v) is 1.66. The Morgan fingerprint density at radius 2 is 2.31 bits per heavy atom. The molecule has 0 aromatic rings. The summed E-state index contributed by atoms with van der Waals surface area (Å²) in [4.78, 5) is 2.41. The van der Waals surface area contributed by atoms with Crippen LogP contribution in [0.1, 0.15) is 26.7 Å². The minimum atomic E-state index is 0.0352. The van der Waals surface area contributed by atoms with Gasteiger partial charge in [-0.15, -0.1) is 0 Å². The predicted octanol–water partition coefficient (Wildman–Crippen LogP) is 0.868. The van der Waals surface area contributed by atoms with E-state index in [0.717, 1.165) is 19.7 Å². The Balaban J connectivity index is 2.31. The zero-order valence-electron chi connectivity index (χ0n) is 8.70. The summed E-state index contributed by atoms with van der Waals surface area (Å²) in [6.45, 7) is 7.32. The second-order valence-corrected chi connectivity index (χ2v) is 3.84. The van der Waals surface area contributed by atoms with Gasteiger partial charge in [-0.25, -0.2) is 0 Å². The van der Waals surface area contributed by atoms with E-state index in [-0.39, 0.29) is 12.7 Å². The number of aliphatic hydroxyl groups excluding tert-OH is 1. The van der Waals surface area contributed by atoms with E-state index in [2.05, 4.69) is 18.7 Å². The molecule has 0 bridgehead atoms. The van der Waals surface area contributed by atoms with Crippen LogP contribution in [0.2, 0.25) is 0 Å². The van der Waals surface area contributed by atoms with Gasteiger partial charge in [-0.2, -0.15) is 0 Å². The lowest BCUT2D eigenvalue weighted by Gasteiger charge is -2.37. The summed E-state index contributed by atoms with van der Waals surface area (Å²) in [6.07, 6.45) is 2.50. The summed E-state index contributed by atoms with van der Waals surface area (Å²) < 4.78 is 5.46. The number of rotatable bonds is 4. The van der Waals surface area contributed by atoms with Crippen molar-refractivity contribution in [3.8, 4) is 0 Å². The third-order valence-electron chi connectivity index (χ3n) is 2.64. The summed E-state index contributed by atoms with van der Waals surface area (Å²) in [5.41, 5.74) is 0. The maximum Gasteiger partial charge on any atom is 0.0933 e. The SMILES string of the molecule is CCCCN1CC(CO)OCC1C. The molecule has 3 heteroatoms. The summed E-state index contributed by atoms with van der Waals surface area (Å²) in [5.74, 6) is 0. The summed E-state index contributed by atoms with van der Waals surface area (Å²) in [7, 11) is 0. The first-order valence-corrected chi connectivity index (χ1v) is 5.24. The summed E-state index contributed by atoms with van der Waals surface area (Å²) in [6, 6.07) is 0.509. The van der Waals surface area contributed by atoms with Gasteiger partial charge in [0.1, 0.15) is 0 Å². The van der Waals surface area contributed by atoms with E-state index in [1.165, 1.54) is 12.8 Å². The van der Waals surface area contributed by atoms with Crippen LogP contribution in [-0.2, 0) is 4.74 Å². The molecule has 13 heavy (non-hydrogen) atoms. The number of morpholine rings is 1. The van der Waals surface area contributed by atoms with Crippen molar-refractivity contribution >= 4 is 0 Å². The van der Waals surface area contributed by atoms with Crippen molar-refractivity contribution in [1.82, 2.24) is 4.90 Å². The van der Waals surface area contributed by atoms with Crippen molar-refractivity contribution in [2.45, 2.75) is 38.8 Å². The highest BCUT2D eigenvalue weighted by Gasteiger charge is 2.24. The average molecular weight is 187 g/mol. The van der Waals surface area contributed by atoms with Crippen LogP contribution in [0.5, 0.6) is 0 Å². The van der Waals surface area contributed by atoms with Crippen molar-refractivity contribution < 1.29 is 9.84 Å². The van der Waals surface area contributed by atoms with Crippen LogP contribution in [-0.4, -0.2) is 48.5 Å². The van der Waals surface area contributed by atoms with E-state index in [1.807, 2.05) is 0 Å². The Hall–Kier alpha value is -0.120. The highest BCUT2D eigenvalue weighted by Crippen LogP contribution is 2.11. The molecule has 3 nitrogen and oxygen atoms in total. The fraction of sp³-hybridized carbons (Fsp3) is 1.00. The molecule has 1 aliphatic heterocycles. The topological polar surface area (TPSA) is 32.7 Å². The van der Waals surface area contributed by atoms with Gasteiger partial charge in [-0.3, -0.25) is 4.90 Å². The molecule has 2 atom stereocenters. The smallest absolute Gasteiger partial charge is 0.0933 e. The van der Waals surface area contributed by atoms with Gasteiger partial charge in [0.05, 0.1) is 19.3 Å². The second kappa shape index (κ2) is 5.58. The molecule has 1 N–H and O–H groups in total. The molecule has 1 aliphatic rings. The zero-order chi connectivity index (χ0) is 9.68. The fourth-order valence-electron chi connectivity index (χ4n) is 1.66. The maximum atomic E-state index is 8.97. The van der Waals surface area contributed by atoms with Crippen LogP contribution in [0.25, 0.3) is 0 Å². The van der Waals surface area contributed by atoms with Crippen LogP contribution in [0.3, 0.4) is 0 Å². The number of hydrogen-bond acceptors (Lipinski definition) is 3. The number of nitrogens with zero attached hydrogens (tertiary/aromatic N) is 1. The molecule has 1 heterocycles. The van der Waals surface area contributed by atoms with Crippen molar-refractivity contribution in [3.05, 3.63) is 0 Å². The Labute approximate surface area is 80.7 Å². The molecule has 0 radical (unpaired) electrons. The molecule has 0 aromatic heterocycles. The van der Waals surface area contributed by atoms with E-state index in [9.17, 15) is 0 Å². The van der Waals surface area contributed by atoms with Gasteiger partial charge in [-0.05, 0) is 19.9 Å². The highest BCUT2D eigenvalue weighted by molar-refractivity contribution is 4.76. The van der Waals surface area contributed by atoms with E-state index < -0.39 is 0 Å². The predicted molar refractivity (Wildman–Crippen MR) is 52.8 cm³/mol. The van der Waals surface area contributed by atoms with Gasteiger partial charge in [0.2, 0.25) is 0 Å². The monoisotopic (exact) mass is 187 g/mol. The minimum absolute atomic E-state index is 0.0352. The van der Waals surface area contributed by atoms with Gasteiger partial charge in [-0.1, -0.05) is 13.3 Å². The summed E-state index contributed by atoms with van der Waals surface area (Å²) >= 11 is 0. The molecule has 1 saturated heterocycles. The Kier molecular flexibility index (Phi) is 4.70. The third-order valence-corrected chi connectivity index (χ3v) is 2.64. The van der Waals surface area contributed by atoms with Crippen LogP contribution < -0.4 is 0 Å². The normalized spacial score (nSPS) is 30.7. The van der Waals surface area contributed by atoms with Crippen LogP contribution in [0, 0.1) is 0 Å². The maximum absolute atomic E-state index is 8.97. The lowest BCUT2D eigenvalue weighted by molar-refractivity contribution is -0.0778. The number of hydrogen-bond donors (Lipinski definition) is 1. The molecule has 0 aliphatic carbocycles. The van der Waals surface area contributed by atoms with Crippen molar-refractivity contribution in [3.63, 3.8) is 0 Å². The van der Waals surface area contributed by atoms with Gasteiger partial charge in [0, 0.05) is 12.6 Å². The van der Waals surface area contributed by atoms with E-state index in [1.54, 1.807) is 0 Å². The molecule has 0 saturated carbocycles. The average Bonchev–Trinajstić information content (AvgIpc) is 2.17. The molecule has 0 spiro atoms. The lowest BCUT2D eigenvalue weighted by Crippen LogP contribution is -2.49. The minimum Gasteiger partial charge on any atom is -0.394 e. The van der Waals surface area contributed by atoms with Crippen LogP contribution >= 0.6 is 0 Å². The van der Waals surface area contributed by atoms with Crippen molar-refractivity contribution in [2.75, 3.05) is 26.3 Å². The molecule has 1 rings (SSSR count). The van der Waals surface area contributed by atoms with Crippen LogP contribution in [0.4, 0.5) is 0 Å². The second-order valence-electron chi connectivity index (χ2n) is 3.84. The van der Waals surface area contributed by atoms with Crippen LogP contribution in [0.15, 0.2) is 0 Å². The van der Waals surface area contributed by atoms with E-state index in [4.69, 9.17) is 9.84 Å². The van der Waals surface area contributed by atoms with Gasteiger partial charge >= 0.3 is 0 Å². The third kappa shape index (κ3) is 3.25. The summed E-state index contributed by atoms with van der Waals surface area (Å²) in [5, 5.41) is 8.97. The van der Waals surface area contributed by atoms with Gasteiger partial charge < -0.3 is 9.84 Å². The standard InChI is InChI=1S/C10H21NO2/c1-3-4-5-11-6-10(7-12)13-8-9(11)2/h9-10,12H,3-8H2,1-2H3. The zero-order valence-corrected chi connectivity index (χ0v) is 8.70. The lowest BCUT2D eigenvalue weighted by atomic mass is 10.2. The first kappa shape index (κ1) is 11.0. The molecule has 0 aromatic carbocycles. The highest BCUT2D eigenvalue weighted by atomic mass is 16.5. The largest absolute Gasteiger partial charge is 0.394 e. The van der Waals surface area contributed by atoms with E-state index in [0.29, 0.717) is 6.04 Å². The molecular formula is C10H21NO2. The number of unbranched alkanes of at least 4 members (excludes halogenated alkanes) is 1. The first-order chi connectivity index (χ1) is 6.27. The molecule has 2 unspecified atom stereocenters. The Morgan fingerprint density at radius 1 is 1.54 bits per heavy atom. The molecular weight excluding hydrogens is 166 g/mol. The molecule has 78 valence electrons. The first-order valence-electron chi connectivity index (χ1n) is 5.24. The van der Waals surface area contributed by atoms with E-state index >= 15 is 0 Å². The van der Waals surface area contributed by atoms with Crippen molar-refractivity contribution in [1.29, 1.82) is 0 Å².